The highest BCUT2D eigenvalue weighted by Gasteiger charge is 1.78. The molecule has 1 heteroatoms. The summed E-state index contributed by atoms with van der Waals surface area (Å²) in [6, 6.07) is 0. The van der Waals surface area contributed by atoms with Crippen molar-refractivity contribution in [3.63, 3.8) is 0 Å². The van der Waals surface area contributed by atoms with Crippen LogP contribution in [0.15, 0.2) is 36.2 Å². The van der Waals surface area contributed by atoms with E-state index in [-0.39, 0.29) is 5.83 Å². The highest BCUT2D eigenvalue weighted by atomic mass is 19.1. The molecule has 0 saturated carbocycles. The first kappa shape index (κ1) is 8.15. The van der Waals surface area contributed by atoms with Crippen molar-refractivity contribution in [3.05, 3.63) is 36.2 Å². The van der Waals surface area contributed by atoms with Gasteiger partial charge in [-0.25, -0.2) is 4.39 Å². The van der Waals surface area contributed by atoms with Crippen LogP contribution in [0.5, 0.6) is 0 Å². The fourth-order valence-corrected chi connectivity index (χ4v) is 0.403. The van der Waals surface area contributed by atoms with Crippen molar-refractivity contribution in [2.45, 2.75) is 13.8 Å². The van der Waals surface area contributed by atoms with Crippen LogP contribution >= 0.6 is 0 Å². The predicted octanol–water partition coefficient (Wildman–Crippen LogP) is 2.99. The Labute approximate surface area is 55.4 Å². The van der Waals surface area contributed by atoms with Crippen molar-refractivity contribution in [1.82, 2.24) is 0 Å². The summed E-state index contributed by atoms with van der Waals surface area (Å²) in [5.41, 5.74) is 0. The van der Waals surface area contributed by atoms with E-state index in [2.05, 4.69) is 0 Å². The van der Waals surface area contributed by atoms with Crippen molar-refractivity contribution in [1.29, 1.82) is 0 Å². The molecular formula is C8H11F. The molecule has 0 amide bonds. The van der Waals surface area contributed by atoms with Gasteiger partial charge in [0.1, 0.15) is 5.83 Å². The predicted molar refractivity (Wildman–Crippen MR) is 38.8 cm³/mol. The van der Waals surface area contributed by atoms with E-state index < -0.39 is 0 Å². The quantitative estimate of drug-likeness (QED) is 0.499. The third-order valence-corrected chi connectivity index (χ3v) is 0.774. The summed E-state index contributed by atoms with van der Waals surface area (Å²) in [5.74, 6) is -0.212. The number of hydrogen-bond donors (Lipinski definition) is 0. The zero-order chi connectivity index (χ0) is 7.11. The maximum atomic E-state index is 12.3. The van der Waals surface area contributed by atoms with Crippen LogP contribution in [-0.4, -0.2) is 0 Å². The van der Waals surface area contributed by atoms with E-state index in [0.29, 0.717) is 0 Å². The normalized spacial score (nSPS) is 13.9. The largest absolute Gasteiger partial charge is 0.207 e. The molecule has 0 saturated heterocycles. The summed E-state index contributed by atoms with van der Waals surface area (Å²) in [7, 11) is 0. The Balaban J connectivity index is 3.84. The van der Waals surface area contributed by atoms with E-state index >= 15 is 0 Å². The van der Waals surface area contributed by atoms with Gasteiger partial charge < -0.3 is 0 Å². The van der Waals surface area contributed by atoms with Gasteiger partial charge in [0.25, 0.3) is 0 Å². The van der Waals surface area contributed by atoms with Gasteiger partial charge >= 0.3 is 0 Å². The second-order valence-electron chi connectivity index (χ2n) is 1.58. The number of halogens is 1. The lowest BCUT2D eigenvalue weighted by molar-refractivity contribution is 0.667. The minimum absolute atomic E-state index is 0.212. The first-order valence-electron chi connectivity index (χ1n) is 2.92. The van der Waals surface area contributed by atoms with Gasteiger partial charge in [-0.3, -0.25) is 0 Å². The highest BCUT2D eigenvalue weighted by Crippen LogP contribution is 1.97. The molecule has 0 aromatic heterocycles. The second-order valence-corrected chi connectivity index (χ2v) is 1.58. The topological polar surface area (TPSA) is 0 Å². The average Bonchev–Trinajstić information content (AvgIpc) is 1.85. The van der Waals surface area contributed by atoms with Crippen molar-refractivity contribution in [2.24, 2.45) is 0 Å². The fraction of sp³-hybridized carbons (Fsp3) is 0.250. The van der Waals surface area contributed by atoms with Crippen LogP contribution in [0.2, 0.25) is 0 Å². The first-order valence-corrected chi connectivity index (χ1v) is 2.92. The van der Waals surface area contributed by atoms with Gasteiger partial charge in [0.2, 0.25) is 0 Å². The number of hydrogen-bond acceptors (Lipinski definition) is 0. The standard InChI is InChI=1S/C8H11F/c1-3-5-7-8(9)6-4-2/h3-7H,1-2H3/b5-3-,6-4?,8-7+. The molecule has 50 valence electrons. The lowest BCUT2D eigenvalue weighted by Gasteiger charge is -1.78. The Morgan fingerprint density at radius 2 is 1.89 bits per heavy atom. The van der Waals surface area contributed by atoms with Crippen molar-refractivity contribution >= 4 is 0 Å². The molecule has 9 heavy (non-hydrogen) atoms. The van der Waals surface area contributed by atoms with Gasteiger partial charge in [-0.05, 0) is 26.0 Å². The lowest BCUT2D eigenvalue weighted by Crippen LogP contribution is -1.60. The molecule has 0 heterocycles. The third-order valence-electron chi connectivity index (χ3n) is 0.774. The summed E-state index contributed by atoms with van der Waals surface area (Å²) in [6.07, 6.45) is 7.94. The van der Waals surface area contributed by atoms with E-state index in [1.54, 1.807) is 25.2 Å². The van der Waals surface area contributed by atoms with E-state index in [1.807, 2.05) is 6.92 Å². The van der Waals surface area contributed by atoms with Crippen LogP contribution in [0.4, 0.5) is 4.39 Å². The van der Waals surface area contributed by atoms with Gasteiger partial charge in [-0.1, -0.05) is 18.2 Å². The van der Waals surface area contributed by atoms with Gasteiger partial charge in [-0.2, -0.15) is 0 Å². The van der Waals surface area contributed by atoms with Crippen LogP contribution < -0.4 is 0 Å². The highest BCUT2D eigenvalue weighted by molar-refractivity contribution is 5.16. The summed E-state index contributed by atoms with van der Waals surface area (Å²) in [5, 5.41) is 0. The SMILES string of the molecule is CC=C/C(F)=C\C=C/C. The van der Waals surface area contributed by atoms with Gasteiger partial charge in [0, 0.05) is 0 Å². The monoisotopic (exact) mass is 126 g/mol. The molecule has 0 unspecified atom stereocenters. The average molecular weight is 126 g/mol. The van der Waals surface area contributed by atoms with Crippen LogP contribution in [-0.2, 0) is 0 Å². The van der Waals surface area contributed by atoms with Crippen molar-refractivity contribution < 1.29 is 4.39 Å². The Morgan fingerprint density at radius 3 is 2.33 bits per heavy atom. The molecule has 0 nitrogen and oxygen atoms in total. The molecule has 0 aromatic rings. The summed E-state index contributed by atoms with van der Waals surface area (Å²) in [6.45, 7) is 3.63. The minimum Gasteiger partial charge on any atom is -0.207 e. The zero-order valence-corrected chi connectivity index (χ0v) is 5.76. The Morgan fingerprint density at radius 1 is 1.22 bits per heavy atom. The molecule has 0 radical (unpaired) electrons. The van der Waals surface area contributed by atoms with Crippen LogP contribution in [0.25, 0.3) is 0 Å². The summed E-state index contributed by atoms with van der Waals surface area (Å²) >= 11 is 0. The molecule has 0 fully saturated rings. The minimum atomic E-state index is -0.212. The van der Waals surface area contributed by atoms with E-state index in [0.717, 1.165) is 0 Å². The molecule has 0 N–H and O–H groups in total. The van der Waals surface area contributed by atoms with Gasteiger partial charge in [0.05, 0.1) is 0 Å². The zero-order valence-electron chi connectivity index (χ0n) is 5.76. The van der Waals surface area contributed by atoms with Gasteiger partial charge in [0.15, 0.2) is 0 Å². The second kappa shape index (κ2) is 5.29. The Kier molecular flexibility index (Phi) is 4.79. The molecule has 0 rings (SSSR count). The summed E-state index contributed by atoms with van der Waals surface area (Å²) < 4.78 is 12.3. The Hall–Kier alpha value is -0.850. The molecular weight excluding hydrogens is 115 g/mol. The third kappa shape index (κ3) is 5.01. The number of rotatable bonds is 2. The molecule has 0 spiro atoms. The maximum absolute atomic E-state index is 12.3. The van der Waals surface area contributed by atoms with Crippen LogP contribution in [0.1, 0.15) is 13.8 Å². The molecule has 0 aliphatic carbocycles. The first-order chi connectivity index (χ1) is 4.31. The Bertz CT molecular complexity index is 141. The fourth-order valence-electron chi connectivity index (χ4n) is 0.403. The molecule has 0 aliphatic rings. The molecule has 0 aliphatic heterocycles. The van der Waals surface area contributed by atoms with E-state index in [4.69, 9.17) is 0 Å². The van der Waals surface area contributed by atoms with E-state index in [9.17, 15) is 4.39 Å². The smallest absolute Gasteiger partial charge is 0.122 e. The van der Waals surface area contributed by atoms with Crippen molar-refractivity contribution in [3.8, 4) is 0 Å². The molecule has 0 bridgehead atoms. The summed E-state index contributed by atoms with van der Waals surface area (Å²) in [4.78, 5) is 0. The molecule has 0 atom stereocenters. The van der Waals surface area contributed by atoms with Crippen molar-refractivity contribution in [2.75, 3.05) is 0 Å². The van der Waals surface area contributed by atoms with Crippen LogP contribution in [0.3, 0.4) is 0 Å². The van der Waals surface area contributed by atoms with Gasteiger partial charge in [-0.15, -0.1) is 0 Å². The molecule has 0 aromatic carbocycles. The van der Waals surface area contributed by atoms with E-state index in [1.165, 1.54) is 12.2 Å². The van der Waals surface area contributed by atoms with Crippen LogP contribution in [0, 0.1) is 0 Å². The number of allylic oxidation sites excluding steroid dienone is 6. The lowest BCUT2D eigenvalue weighted by atomic mass is 10.4. The maximum Gasteiger partial charge on any atom is 0.122 e.